The van der Waals surface area contributed by atoms with Crippen molar-refractivity contribution in [2.75, 3.05) is 19.6 Å². The molecule has 0 aromatic rings. The van der Waals surface area contributed by atoms with Gasteiger partial charge in [0.2, 0.25) is 0 Å². The number of hydrazine groups is 1. The maximum absolute atomic E-state index is 5.84. The summed E-state index contributed by atoms with van der Waals surface area (Å²) >= 11 is 0. The first kappa shape index (κ1) is 11.4. The van der Waals surface area contributed by atoms with Crippen molar-refractivity contribution in [1.82, 2.24) is 10.4 Å². The highest BCUT2D eigenvalue weighted by Gasteiger charge is 2.25. The minimum Gasteiger partial charge on any atom is -0.330 e. The maximum Gasteiger partial charge on any atom is 0.0255 e. The highest BCUT2D eigenvalue weighted by atomic mass is 15.5. The highest BCUT2D eigenvalue weighted by Crippen LogP contribution is 2.24. The van der Waals surface area contributed by atoms with Gasteiger partial charge in [-0.3, -0.25) is 5.43 Å². The zero-order chi connectivity index (χ0) is 10.5. The van der Waals surface area contributed by atoms with E-state index in [0.717, 1.165) is 6.54 Å². The SMILES string of the molecule is NCC1CCCCC1NN1CCCCC1. The Labute approximate surface area is 93.4 Å². The second-order valence-electron chi connectivity index (χ2n) is 5.06. The number of nitrogens with zero attached hydrogens (tertiary/aromatic N) is 1. The third-order valence-electron chi connectivity index (χ3n) is 3.92. The summed E-state index contributed by atoms with van der Waals surface area (Å²) in [7, 11) is 0. The molecule has 3 nitrogen and oxygen atoms in total. The molecule has 0 amide bonds. The predicted molar refractivity (Wildman–Crippen MR) is 63.4 cm³/mol. The van der Waals surface area contributed by atoms with Crippen molar-refractivity contribution in [2.45, 2.75) is 51.0 Å². The summed E-state index contributed by atoms with van der Waals surface area (Å²) < 4.78 is 0. The summed E-state index contributed by atoms with van der Waals surface area (Å²) in [4.78, 5) is 0. The van der Waals surface area contributed by atoms with Crippen LogP contribution in [0.1, 0.15) is 44.9 Å². The smallest absolute Gasteiger partial charge is 0.0255 e. The molecule has 1 aliphatic carbocycles. The first-order valence-corrected chi connectivity index (χ1v) is 6.61. The molecule has 1 saturated carbocycles. The number of piperidine rings is 1. The first-order chi connectivity index (χ1) is 7.40. The number of nitrogens with one attached hydrogen (secondary N) is 1. The second kappa shape index (κ2) is 5.83. The van der Waals surface area contributed by atoms with Crippen LogP contribution in [-0.4, -0.2) is 30.7 Å². The van der Waals surface area contributed by atoms with Crippen molar-refractivity contribution in [3.63, 3.8) is 0 Å². The summed E-state index contributed by atoms with van der Waals surface area (Å²) in [5, 5.41) is 2.43. The van der Waals surface area contributed by atoms with Gasteiger partial charge in [0.15, 0.2) is 0 Å². The lowest BCUT2D eigenvalue weighted by Crippen LogP contribution is -2.52. The summed E-state index contributed by atoms with van der Waals surface area (Å²) in [6.45, 7) is 3.31. The molecule has 2 aliphatic rings. The Bertz CT molecular complexity index is 178. The van der Waals surface area contributed by atoms with E-state index in [2.05, 4.69) is 10.4 Å². The second-order valence-corrected chi connectivity index (χ2v) is 5.06. The molecule has 0 spiro atoms. The first-order valence-electron chi connectivity index (χ1n) is 6.61. The van der Waals surface area contributed by atoms with Gasteiger partial charge in [0.05, 0.1) is 0 Å². The molecule has 3 N–H and O–H groups in total. The van der Waals surface area contributed by atoms with Crippen LogP contribution in [0.15, 0.2) is 0 Å². The van der Waals surface area contributed by atoms with Crippen molar-refractivity contribution in [1.29, 1.82) is 0 Å². The minimum atomic E-state index is 0.654. The Balaban J connectivity index is 1.79. The molecule has 2 unspecified atom stereocenters. The lowest BCUT2D eigenvalue weighted by molar-refractivity contribution is 0.0912. The lowest BCUT2D eigenvalue weighted by atomic mass is 9.85. The molecule has 88 valence electrons. The normalized spacial score (nSPS) is 34.2. The summed E-state index contributed by atoms with van der Waals surface area (Å²) in [6.07, 6.45) is 9.51. The van der Waals surface area contributed by atoms with Gasteiger partial charge in [-0.1, -0.05) is 19.3 Å². The quantitative estimate of drug-likeness (QED) is 0.743. The molecule has 0 aromatic heterocycles. The van der Waals surface area contributed by atoms with Crippen LogP contribution >= 0.6 is 0 Å². The Morgan fingerprint density at radius 1 is 1.00 bits per heavy atom. The number of hydrogen-bond donors (Lipinski definition) is 2. The molecule has 2 atom stereocenters. The van der Waals surface area contributed by atoms with Crippen LogP contribution in [-0.2, 0) is 0 Å². The van der Waals surface area contributed by atoms with Crippen molar-refractivity contribution in [3.05, 3.63) is 0 Å². The van der Waals surface area contributed by atoms with Gasteiger partial charge >= 0.3 is 0 Å². The molecule has 2 fully saturated rings. The van der Waals surface area contributed by atoms with Crippen LogP contribution in [0.4, 0.5) is 0 Å². The molecule has 1 saturated heterocycles. The van der Waals surface area contributed by atoms with E-state index in [1.165, 1.54) is 58.0 Å². The Morgan fingerprint density at radius 2 is 1.73 bits per heavy atom. The van der Waals surface area contributed by atoms with Gasteiger partial charge in [-0.2, -0.15) is 0 Å². The monoisotopic (exact) mass is 211 g/mol. The highest BCUT2D eigenvalue weighted by molar-refractivity contribution is 4.81. The van der Waals surface area contributed by atoms with Crippen LogP contribution in [0.3, 0.4) is 0 Å². The van der Waals surface area contributed by atoms with Crippen molar-refractivity contribution in [2.24, 2.45) is 11.7 Å². The van der Waals surface area contributed by atoms with Gasteiger partial charge < -0.3 is 5.73 Å². The predicted octanol–water partition coefficient (Wildman–Crippen LogP) is 1.49. The molecule has 15 heavy (non-hydrogen) atoms. The van der Waals surface area contributed by atoms with Crippen molar-refractivity contribution >= 4 is 0 Å². The van der Waals surface area contributed by atoms with E-state index in [4.69, 9.17) is 5.73 Å². The topological polar surface area (TPSA) is 41.3 Å². The fraction of sp³-hybridized carbons (Fsp3) is 1.00. The van der Waals surface area contributed by atoms with E-state index < -0.39 is 0 Å². The number of nitrogens with two attached hydrogens (primary N) is 1. The van der Waals surface area contributed by atoms with Crippen LogP contribution in [0, 0.1) is 5.92 Å². The zero-order valence-electron chi connectivity index (χ0n) is 9.75. The number of rotatable bonds is 3. The van der Waals surface area contributed by atoms with Crippen LogP contribution < -0.4 is 11.2 Å². The summed E-state index contributed by atoms with van der Waals surface area (Å²) in [5.74, 6) is 0.709. The molecular formula is C12H25N3. The van der Waals surface area contributed by atoms with E-state index >= 15 is 0 Å². The molecule has 0 radical (unpaired) electrons. The zero-order valence-corrected chi connectivity index (χ0v) is 9.75. The summed E-state index contributed by atoms with van der Waals surface area (Å²) in [5.41, 5.74) is 9.55. The largest absolute Gasteiger partial charge is 0.330 e. The Kier molecular flexibility index (Phi) is 4.42. The van der Waals surface area contributed by atoms with E-state index in [-0.39, 0.29) is 0 Å². The third-order valence-corrected chi connectivity index (χ3v) is 3.92. The number of hydrogen-bond acceptors (Lipinski definition) is 3. The molecule has 0 aromatic carbocycles. The van der Waals surface area contributed by atoms with Gasteiger partial charge in [-0.05, 0) is 38.1 Å². The lowest BCUT2D eigenvalue weighted by Gasteiger charge is -2.37. The van der Waals surface area contributed by atoms with Gasteiger partial charge in [0.25, 0.3) is 0 Å². The van der Waals surface area contributed by atoms with Gasteiger partial charge in [-0.15, -0.1) is 0 Å². The van der Waals surface area contributed by atoms with E-state index in [1.807, 2.05) is 0 Å². The third kappa shape index (κ3) is 3.16. The fourth-order valence-corrected chi connectivity index (χ4v) is 2.92. The average Bonchev–Trinajstić information content (AvgIpc) is 2.31. The molecule has 1 heterocycles. The maximum atomic E-state index is 5.84. The Hall–Kier alpha value is -0.120. The molecule has 1 aliphatic heterocycles. The Morgan fingerprint density at radius 3 is 2.47 bits per heavy atom. The molecule has 2 rings (SSSR count). The van der Waals surface area contributed by atoms with Crippen molar-refractivity contribution in [3.8, 4) is 0 Å². The molecular weight excluding hydrogens is 186 g/mol. The molecule has 3 heteroatoms. The van der Waals surface area contributed by atoms with Crippen LogP contribution in [0.25, 0.3) is 0 Å². The standard InChI is InChI=1S/C12H25N3/c13-10-11-6-2-3-7-12(11)14-15-8-4-1-5-9-15/h11-12,14H,1-10,13H2. The van der Waals surface area contributed by atoms with Gasteiger partial charge in [-0.25, -0.2) is 5.01 Å². The van der Waals surface area contributed by atoms with Gasteiger partial charge in [0, 0.05) is 19.1 Å². The molecule has 0 bridgehead atoms. The van der Waals surface area contributed by atoms with Crippen molar-refractivity contribution < 1.29 is 0 Å². The van der Waals surface area contributed by atoms with Gasteiger partial charge in [0.1, 0.15) is 0 Å². The van der Waals surface area contributed by atoms with Crippen LogP contribution in [0.5, 0.6) is 0 Å². The fourth-order valence-electron chi connectivity index (χ4n) is 2.92. The van der Waals surface area contributed by atoms with E-state index in [9.17, 15) is 0 Å². The average molecular weight is 211 g/mol. The minimum absolute atomic E-state index is 0.654. The van der Waals surface area contributed by atoms with E-state index in [0.29, 0.717) is 12.0 Å². The van der Waals surface area contributed by atoms with Crippen LogP contribution in [0.2, 0.25) is 0 Å². The summed E-state index contributed by atoms with van der Waals surface area (Å²) in [6, 6.07) is 0.654. The van der Waals surface area contributed by atoms with E-state index in [1.54, 1.807) is 0 Å².